The van der Waals surface area contributed by atoms with Crippen molar-refractivity contribution in [1.29, 1.82) is 0 Å². The van der Waals surface area contributed by atoms with Crippen LogP contribution in [-0.2, 0) is 0 Å². The second-order valence-corrected chi connectivity index (χ2v) is 6.65. The SMILES string of the molecule is CC(C)c1cc(C2=CCCCC2)c(C(C)C)cc1Cl. The lowest BCUT2D eigenvalue weighted by Gasteiger charge is -2.22. The van der Waals surface area contributed by atoms with Gasteiger partial charge in [-0.05, 0) is 71.9 Å². The minimum absolute atomic E-state index is 0.483. The molecule has 0 saturated heterocycles. The lowest BCUT2D eigenvalue weighted by Crippen LogP contribution is -2.02. The van der Waals surface area contributed by atoms with Gasteiger partial charge in [-0.1, -0.05) is 45.4 Å². The number of benzene rings is 1. The van der Waals surface area contributed by atoms with Crippen LogP contribution in [0.15, 0.2) is 18.2 Å². The molecule has 0 spiro atoms. The van der Waals surface area contributed by atoms with Crippen LogP contribution in [0.2, 0.25) is 5.02 Å². The molecule has 0 aromatic heterocycles. The van der Waals surface area contributed by atoms with E-state index in [1.807, 2.05) is 0 Å². The molecule has 0 unspecified atom stereocenters. The Morgan fingerprint density at radius 3 is 2.16 bits per heavy atom. The maximum absolute atomic E-state index is 6.46. The first-order chi connectivity index (χ1) is 9.00. The summed E-state index contributed by atoms with van der Waals surface area (Å²) in [6.45, 7) is 8.95. The smallest absolute Gasteiger partial charge is 0.0443 e. The highest BCUT2D eigenvalue weighted by molar-refractivity contribution is 6.31. The zero-order valence-electron chi connectivity index (χ0n) is 12.6. The summed E-state index contributed by atoms with van der Waals surface area (Å²) in [6, 6.07) is 4.55. The van der Waals surface area contributed by atoms with Crippen molar-refractivity contribution in [3.63, 3.8) is 0 Å². The van der Waals surface area contributed by atoms with Crippen molar-refractivity contribution in [2.75, 3.05) is 0 Å². The van der Waals surface area contributed by atoms with Gasteiger partial charge in [0, 0.05) is 5.02 Å². The van der Waals surface area contributed by atoms with E-state index in [0.717, 1.165) is 5.02 Å². The molecule has 0 atom stereocenters. The summed E-state index contributed by atoms with van der Waals surface area (Å²) in [5, 5.41) is 0.929. The molecule has 0 bridgehead atoms. The highest BCUT2D eigenvalue weighted by Crippen LogP contribution is 2.37. The quantitative estimate of drug-likeness (QED) is 0.588. The summed E-state index contributed by atoms with van der Waals surface area (Å²) in [7, 11) is 0. The molecule has 2 rings (SSSR count). The van der Waals surface area contributed by atoms with Crippen LogP contribution in [0, 0.1) is 0 Å². The van der Waals surface area contributed by atoms with Gasteiger partial charge in [-0.2, -0.15) is 0 Å². The first kappa shape index (κ1) is 14.7. The first-order valence-electron chi connectivity index (χ1n) is 7.53. The maximum atomic E-state index is 6.46. The lowest BCUT2D eigenvalue weighted by atomic mass is 9.85. The predicted molar refractivity (Wildman–Crippen MR) is 86.1 cm³/mol. The number of halogens is 1. The van der Waals surface area contributed by atoms with E-state index in [9.17, 15) is 0 Å². The van der Waals surface area contributed by atoms with Crippen LogP contribution in [0.25, 0.3) is 5.57 Å². The van der Waals surface area contributed by atoms with Crippen molar-refractivity contribution >= 4 is 17.2 Å². The Labute approximate surface area is 122 Å². The molecule has 104 valence electrons. The molecule has 1 aromatic carbocycles. The molecule has 0 radical (unpaired) electrons. The Kier molecular flexibility index (Phi) is 4.73. The van der Waals surface area contributed by atoms with E-state index in [1.165, 1.54) is 47.9 Å². The monoisotopic (exact) mass is 276 g/mol. The summed E-state index contributed by atoms with van der Waals surface area (Å²) >= 11 is 6.46. The fourth-order valence-electron chi connectivity index (χ4n) is 2.89. The normalized spacial score (nSPS) is 16.1. The first-order valence-corrected chi connectivity index (χ1v) is 7.91. The van der Waals surface area contributed by atoms with E-state index in [-0.39, 0.29) is 0 Å². The topological polar surface area (TPSA) is 0 Å². The Hall–Kier alpha value is -0.750. The van der Waals surface area contributed by atoms with Gasteiger partial charge in [0.15, 0.2) is 0 Å². The van der Waals surface area contributed by atoms with E-state index >= 15 is 0 Å². The molecule has 1 aliphatic carbocycles. The van der Waals surface area contributed by atoms with Gasteiger partial charge in [-0.3, -0.25) is 0 Å². The maximum Gasteiger partial charge on any atom is 0.0443 e. The standard InChI is InChI=1S/C18H25Cl/c1-12(2)15-11-18(19)16(13(3)4)10-17(15)14-8-6-5-7-9-14/h8,10-13H,5-7,9H2,1-4H3. The number of hydrogen-bond acceptors (Lipinski definition) is 0. The summed E-state index contributed by atoms with van der Waals surface area (Å²) in [4.78, 5) is 0. The molecule has 1 heteroatoms. The largest absolute Gasteiger partial charge is 0.0840 e. The molecule has 0 nitrogen and oxygen atoms in total. The summed E-state index contributed by atoms with van der Waals surface area (Å²) in [5.74, 6) is 1.01. The van der Waals surface area contributed by atoms with Crippen LogP contribution < -0.4 is 0 Å². The van der Waals surface area contributed by atoms with Crippen LogP contribution >= 0.6 is 11.6 Å². The Balaban J connectivity index is 2.55. The van der Waals surface area contributed by atoms with Crippen LogP contribution in [0.4, 0.5) is 0 Å². The molecular formula is C18H25Cl. The summed E-state index contributed by atoms with van der Waals surface area (Å²) in [5.41, 5.74) is 5.67. The fourth-order valence-corrected chi connectivity index (χ4v) is 3.28. The molecule has 1 aromatic rings. The van der Waals surface area contributed by atoms with E-state index in [1.54, 1.807) is 0 Å². The van der Waals surface area contributed by atoms with Crippen molar-refractivity contribution in [1.82, 2.24) is 0 Å². The van der Waals surface area contributed by atoms with Crippen LogP contribution in [0.1, 0.15) is 81.9 Å². The third-order valence-corrected chi connectivity index (χ3v) is 4.38. The molecule has 0 aliphatic heterocycles. The van der Waals surface area contributed by atoms with E-state index in [4.69, 9.17) is 11.6 Å². The van der Waals surface area contributed by atoms with Crippen molar-refractivity contribution in [3.8, 4) is 0 Å². The van der Waals surface area contributed by atoms with Gasteiger partial charge in [-0.15, -0.1) is 0 Å². The van der Waals surface area contributed by atoms with E-state index in [2.05, 4.69) is 45.9 Å². The predicted octanol–water partition coefficient (Wildman–Crippen LogP) is 6.54. The molecule has 0 N–H and O–H groups in total. The Morgan fingerprint density at radius 2 is 1.63 bits per heavy atom. The van der Waals surface area contributed by atoms with Gasteiger partial charge < -0.3 is 0 Å². The van der Waals surface area contributed by atoms with Gasteiger partial charge in [0.05, 0.1) is 0 Å². The number of hydrogen-bond donors (Lipinski definition) is 0. The average molecular weight is 277 g/mol. The van der Waals surface area contributed by atoms with E-state index < -0.39 is 0 Å². The van der Waals surface area contributed by atoms with Crippen LogP contribution in [0.5, 0.6) is 0 Å². The molecule has 0 amide bonds. The van der Waals surface area contributed by atoms with Gasteiger partial charge in [0.25, 0.3) is 0 Å². The van der Waals surface area contributed by atoms with Crippen molar-refractivity contribution in [3.05, 3.63) is 39.9 Å². The second kappa shape index (κ2) is 6.13. The van der Waals surface area contributed by atoms with Crippen LogP contribution in [-0.4, -0.2) is 0 Å². The third-order valence-electron chi connectivity index (χ3n) is 4.05. The van der Waals surface area contributed by atoms with Gasteiger partial charge >= 0.3 is 0 Å². The highest BCUT2D eigenvalue weighted by Gasteiger charge is 2.17. The molecule has 0 heterocycles. The highest BCUT2D eigenvalue weighted by atomic mass is 35.5. The van der Waals surface area contributed by atoms with Gasteiger partial charge in [-0.25, -0.2) is 0 Å². The third kappa shape index (κ3) is 3.23. The lowest BCUT2D eigenvalue weighted by molar-refractivity contribution is 0.738. The zero-order valence-corrected chi connectivity index (χ0v) is 13.3. The fraction of sp³-hybridized carbons (Fsp3) is 0.556. The number of allylic oxidation sites excluding steroid dienone is 2. The average Bonchev–Trinajstić information content (AvgIpc) is 2.38. The molecular weight excluding hydrogens is 252 g/mol. The van der Waals surface area contributed by atoms with Gasteiger partial charge in [0.1, 0.15) is 0 Å². The summed E-state index contributed by atoms with van der Waals surface area (Å²) in [6.07, 6.45) is 7.54. The van der Waals surface area contributed by atoms with Gasteiger partial charge in [0.2, 0.25) is 0 Å². The number of rotatable bonds is 3. The molecule has 1 aliphatic rings. The van der Waals surface area contributed by atoms with Crippen molar-refractivity contribution in [2.45, 2.75) is 65.2 Å². The minimum atomic E-state index is 0.483. The van der Waals surface area contributed by atoms with Crippen LogP contribution in [0.3, 0.4) is 0 Å². The van der Waals surface area contributed by atoms with Crippen molar-refractivity contribution < 1.29 is 0 Å². The Bertz CT molecular complexity index is 481. The second-order valence-electron chi connectivity index (χ2n) is 6.25. The zero-order chi connectivity index (χ0) is 14.0. The summed E-state index contributed by atoms with van der Waals surface area (Å²) < 4.78 is 0. The van der Waals surface area contributed by atoms with Crippen molar-refractivity contribution in [2.24, 2.45) is 0 Å². The molecule has 19 heavy (non-hydrogen) atoms. The van der Waals surface area contributed by atoms with E-state index in [0.29, 0.717) is 11.8 Å². The Morgan fingerprint density at radius 1 is 0.947 bits per heavy atom. The molecule has 0 fully saturated rings. The minimum Gasteiger partial charge on any atom is -0.0840 e. The molecule has 0 saturated carbocycles.